The molecule has 124 valence electrons. The number of carbonyl (C=O) groups is 1. The van der Waals surface area contributed by atoms with Gasteiger partial charge in [-0.15, -0.1) is 0 Å². The van der Waals surface area contributed by atoms with Crippen LogP contribution in [0.3, 0.4) is 0 Å². The van der Waals surface area contributed by atoms with Crippen molar-refractivity contribution >= 4 is 5.91 Å². The SMILES string of the molecule is CC1(N)CCCCC1C(=O)NCc1nccn1CC(F)(F)F. The zero-order chi connectivity index (χ0) is 16.4. The van der Waals surface area contributed by atoms with E-state index in [1.807, 2.05) is 6.92 Å². The fourth-order valence-corrected chi connectivity index (χ4v) is 2.92. The molecule has 2 atom stereocenters. The normalized spacial score (nSPS) is 26.0. The summed E-state index contributed by atoms with van der Waals surface area (Å²) in [7, 11) is 0. The summed E-state index contributed by atoms with van der Waals surface area (Å²) in [5.41, 5.74) is 5.59. The molecule has 2 unspecified atom stereocenters. The number of nitrogens with zero attached hydrogens (tertiary/aromatic N) is 2. The summed E-state index contributed by atoms with van der Waals surface area (Å²) in [6, 6.07) is 0. The molecule has 1 amide bonds. The van der Waals surface area contributed by atoms with Gasteiger partial charge in [0, 0.05) is 17.9 Å². The van der Waals surface area contributed by atoms with Gasteiger partial charge < -0.3 is 15.6 Å². The van der Waals surface area contributed by atoms with Crippen LogP contribution in [0.2, 0.25) is 0 Å². The lowest BCUT2D eigenvalue weighted by Gasteiger charge is -2.37. The molecule has 0 bridgehead atoms. The lowest BCUT2D eigenvalue weighted by atomic mass is 9.74. The number of carbonyl (C=O) groups excluding carboxylic acids is 1. The molecule has 0 spiro atoms. The Labute approximate surface area is 127 Å². The Morgan fingerprint density at radius 2 is 2.27 bits per heavy atom. The second-order valence-corrected chi connectivity index (χ2v) is 6.11. The molecule has 3 N–H and O–H groups in total. The summed E-state index contributed by atoms with van der Waals surface area (Å²) >= 11 is 0. The van der Waals surface area contributed by atoms with E-state index in [0.29, 0.717) is 6.42 Å². The molecule has 1 saturated carbocycles. The molecule has 1 heterocycles. The predicted octanol–water partition coefficient (Wildman–Crippen LogP) is 1.97. The fourth-order valence-electron chi connectivity index (χ4n) is 2.92. The first-order chi connectivity index (χ1) is 10.2. The molecule has 2 rings (SSSR count). The Morgan fingerprint density at radius 1 is 1.55 bits per heavy atom. The molecule has 0 saturated heterocycles. The number of rotatable bonds is 4. The third kappa shape index (κ3) is 4.22. The summed E-state index contributed by atoms with van der Waals surface area (Å²) in [5.74, 6) is -0.348. The van der Waals surface area contributed by atoms with Crippen LogP contribution in [0.5, 0.6) is 0 Å². The van der Waals surface area contributed by atoms with Crippen LogP contribution >= 0.6 is 0 Å². The molecule has 0 aliphatic heterocycles. The van der Waals surface area contributed by atoms with Crippen molar-refractivity contribution in [3.63, 3.8) is 0 Å². The van der Waals surface area contributed by atoms with E-state index in [2.05, 4.69) is 10.3 Å². The van der Waals surface area contributed by atoms with Gasteiger partial charge in [-0.05, 0) is 19.8 Å². The van der Waals surface area contributed by atoms with Gasteiger partial charge in [0.15, 0.2) is 0 Å². The number of nitrogens with two attached hydrogens (primary N) is 1. The molecule has 1 aliphatic carbocycles. The first kappa shape index (κ1) is 16.8. The molecule has 8 heteroatoms. The van der Waals surface area contributed by atoms with E-state index in [1.165, 1.54) is 12.4 Å². The van der Waals surface area contributed by atoms with Gasteiger partial charge >= 0.3 is 6.18 Å². The summed E-state index contributed by atoms with van der Waals surface area (Å²) in [6.45, 7) is 0.700. The van der Waals surface area contributed by atoms with Crippen molar-refractivity contribution in [1.82, 2.24) is 14.9 Å². The highest BCUT2D eigenvalue weighted by atomic mass is 19.4. The zero-order valence-electron chi connectivity index (χ0n) is 12.5. The molecule has 5 nitrogen and oxygen atoms in total. The summed E-state index contributed by atoms with van der Waals surface area (Å²) in [5, 5.41) is 2.67. The van der Waals surface area contributed by atoms with E-state index in [-0.39, 0.29) is 24.2 Å². The van der Waals surface area contributed by atoms with Crippen LogP contribution in [0.1, 0.15) is 38.4 Å². The van der Waals surface area contributed by atoms with E-state index in [4.69, 9.17) is 5.73 Å². The van der Waals surface area contributed by atoms with E-state index < -0.39 is 18.3 Å². The van der Waals surface area contributed by atoms with Crippen LogP contribution in [0.15, 0.2) is 12.4 Å². The summed E-state index contributed by atoms with van der Waals surface area (Å²) in [6.07, 6.45) is 1.63. The zero-order valence-corrected chi connectivity index (χ0v) is 12.5. The van der Waals surface area contributed by atoms with Gasteiger partial charge in [-0.25, -0.2) is 4.98 Å². The number of halogens is 3. The largest absolute Gasteiger partial charge is 0.406 e. The maximum atomic E-state index is 12.4. The minimum absolute atomic E-state index is 0.0332. The van der Waals surface area contributed by atoms with Crippen LogP contribution in [0.25, 0.3) is 0 Å². The Bertz CT molecular complexity index is 524. The number of hydrogen-bond acceptors (Lipinski definition) is 3. The van der Waals surface area contributed by atoms with Crippen molar-refractivity contribution in [2.45, 2.75) is 57.4 Å². The Hall–Kier alpha value is -1.57. The molecule has 1 aromatic rings. The van der Waals surface area contributed by atoms with Crippen molar-refractivity contribution < 1.29 is 18.0 Å². The first-order valence-corrected chi connectivity index (χ1v) is 7.32. The molecule has 1 aromatic heterocycles. The molecule has 0 radical (unpaired) electrons. The van der Waals surface area contributed by atoms with Gasteiger partial charge in [0.25, 0.3) is 0 Å². The van der Waals surface area contributed by atoms with E-state index in [9.17, 15) is 18.0 Å². The number of imidazole rings is 1. The van der Waals surface area contributed by atoms with Crippen molar-refractivity contribution in [2.75, 3.05) is 0 Å². The lowest BCUT2D eigenvalue weighted by Crippen LogP contribution is -2.52. The Balaban J connectivity index is 1.96. The van der Waals surface area contributed by atoms with Crippen molar-refractivity contribution in [1.29, 1.82) is 0 Å². The fraction of sp³-hybridized carbons (Fsp3) is 0.714. The number of amides is 1. The number of alkyl halides is 3. The smallest absolute Gasteiger partial charge is 0.349 e. The van der Waals surface area contributed by atoms with Gasteiger partial charge in [-0.1, -0.05) is 12.8 Å². The monoisotopic (exact) mass is 318 g/mol. The topological polar surface area (TPSA) is 72.9 Å². The quantitative estimate of drug-likeness (QED) is 0.891. The summed E-state index contributed by atoms with van der Waals surface area (Å²) < 4.78 is 38.3. The van der Waals surface area contributed by atoms with Gasteiger partial charge in [0.2, 0.25) is 5.91 Å². The molecule has 22 heavy (non-hydrogen) atoms. The van der Waals surface area contributed by atoms with Crippen LogP contribution < -0.4 is 11.1 Å². The van der Waals surface area contributed by atoms with Crippen molar-refractivity contribution in [3.8, 4) is 0 Å². The highest BCUT2D eigenvalue weighted by Crippen LogP contribution is 2.31. The molecule has 1 fully saturated rings. The average molecular weight is 318 g/mol. The second-order valence-electron chi connectivity index (χ2n) is 6.11. The maximum absolute atomic E-state index is 12.4. The highest BCUT2D eigenvalue weighted by molar-refractivity contribution is 5.80. The van der Waals surface area contributed by atoms with Crippen molar-refractivity contribution in [2.24, 2.45) is 11.7 Å². The standard InChI is InChI=1S/C14H21F3N4O/c1-13(18)5-3-2-4-10(13)12(22)20-8-11-19-6-7-21(11)9-14(15,16)17/h6-7,10H,2-5,8-9,18H2,1H3,(H,20,22). The molecular formula is C14H21F3N4O. The van der Waals surface area contributed by atoms with Crippen LogP contribution in [-0.4, -0.2) is 27.2 Å². The Morgan fingerprint density at radius 3 is 2.91 bits per heavy atom. The average Bonchev–Trinajstić information content (AvgIpc) is 2.80. The highest BCUT2D eigenvalue weighted by Gasteiger charge is 2.37. The van der Waals surface area contributed by atoms with E-state index >= 15 is 0 Å². The van der Waals surface area contributed by atoms with Gasteiger partial charge in [0.1, 0.15) is 12.4 Å². The summed E-state index contributed by atoms with van der Waals surface area (Å²) in [4.78, 5) is 16.1. The van der Waals surface area contributed by atoms with Gasteiger partial charge in [-0.3, -0.25) is 4.79 Å². The van der Waals surface area contributed by atoms with Gasteiger partial charge in [-0.2, -0.15) is 13.2 Å². The molecule has 1 aliphatic rings. The lowest BCUT2D eigenvalue weighted by molar-refractivity contribution is -0.141. The molecule has 0 aromatic carbocycles. The second kappa shape index (κ2) is 6.28. The van der Waals surface area contributed by atoms with Crippen molar-refractivity contribution in [3.05, 3.63) is 18.2 Å². The number of aromatic nitrogens is 2. The van der Waals surface area contributed by atoms with E-state index in [1.54, 1.807) is 0 Å². The van der Waals surface area contributed by atoms with Crippen LogP contribution in [0, 0.1) is 5.92 Å². The van der Waals surface area contributed by atoms with E-state index in [0.717, 1.165) is 23.8 Å². The molecular weight excluding hydrogens is 297 g/mol. The maximum Gasteiger partial charge on any atom is 0.406 e. The predicted molar refractivity (Wildman–Crippen MR) is 74.7 cm³/mol. The minimum atomic E-state index is -4.32. The number of nitrogens with one attached hydrogen (secondary N) is 1. The number of hydrogen-bond donors (Lipinski definition) is 2. The van der Waals surface area contributed by atoms with Crippen LogP contribution in [-0.2, 0) is 17.9 Å². The van der Waals surface area contributed by atoms with Gasteiger partial charge in [0.05, 0.1) is 12.5 Å². The third-order valence-corrected chi connectivity index (χ3v) is 4.14. The van der Waals surface area contributed by atoms with Crippen LogP contribution in [0.4, 0.5) is 13.2 Å². The minimum Gasteiger partial charge on any atom is -0.349 e. The Kier molecular flexibility index (Phi) is 4.79. The first-order valence-electron chi connectivity index (χ1n) is 7.32. The third-order valence-electron chi connectivity index (χ3n) is 4.14.